The predicted octanol–water partition coefficient (Wildman–Crippen LogP) is 3.75. The Hall–Kier alpha value is -1.04. The van der Waals surface area contributed by atoms with Gasteiger partial charge in [0, 0.05) is 13.1 Å². The number of nitrogens with zero attached hydrogens (tertiary/aromatic N) is 2. The first-order chi connectivity index (χ1) is 9.65. The van der Waals surface area contributed by atoms with Crippen molar-refractivity contribution in [1.82, 2.24) is 4.90 Å². The van der Waals surface area contributed by atoms with E-state index >= 15 is 0 Å². The van der Waals surface area contributed by atoms with Crippen molar-refractivity contribution in [2.75, 3.05) is 13.1 Å². The van der Waals surface area contributed by atoms with Crippen LogP contribution in [0.2, 0.25) is 0 Å². The van der Waals surface area contributed by atoms with Crippen LogP contribution in [0.15, 0.2) is 0 Å². The molecule has 0 aliphatic heterocycles. The molecule has 0 bridgehead atoms. The van der Waals surface area contributed by atoms with Crippen LogP contribution in [0, 0.1) is 28.6 Å². The fourth-order valence-corrected chi connectivity index (χ4v) is 3.12. The topological polar surface area (TPSA) is 44.1 Å². The lowest BCUT2D eigenvalue weighted by Crippen LogP contribution is -2.45. The Kier molecular flexibility index (Phi) is 5.07. The molecule has 2 aliphatic rings. The molecule has 0 saturated heterocycles. The molecule has 20 heavy (non-hydrogen) atoms. The third-order valence-corrected chi connectivity index (χ3v) is 4.62. The molecule has 3 heteroatoms. The van der Waals surface area contributed by atoms with Crippen molar-refractivity contribution in [3.63, 3.8) is 0 Å². The Labute approximate surface area is 123 Å². The van der Waals surface area contributed by atoms with Gasteiger partial charge in [-0.05, 0) is 50.4 Å². The molecule has 0 aromatic heterocycles. The fourth-order valence-electron chi connectivity index (χ4n) is 3.12. The lowest BCUT2D eigenvalue weighted by Gasteiger charge is -2.32. The van der Waals surface area contributed by atoms with Gasteiger partial charge in [-0.15, -0.1) is 0 Å². The molecule has 0 unspecified atom stereocenters. The second-order valence-electron chi connectivity index (χ2n) is 6.79. The van der Waals surface area contributed by atoms with Gasteiger partial charge in [0.2, 0.25) is 5.91 Å². The minimum Gasteiger partial charge on any atom is -0.341 e. The summed E-state index contributed by atoms with van der Waals surface area (Å²) in [6, 6.07) is 2.39. The molecule has 0 atom stereocenters. The molecule has 0 spiro atoms. The zero-order valence-corrected chi connectivity index (χ0v) is 13.0. The number of rotatable bonds is 9. The van der Waals surface area contributed by atoms with Crippen LogP contribution >= 0.6 is 0 Å². The minimum atomic E-state index is -0.757. The first kappa shape index (κ1) is 15.4. The van der Waals surface area contributed by atoms with Crippen molar-refractivity contribution in [2.24, 2.45) is 17.3 Å². The van der Waals surface area contributed by atoms with Gasteiger partial charge in [0.25, 0.3) is 0 Å². The number of nitriles is 1. The molecule has 2 aliphatic carbocycles. The number of amides is 1. The van der Waals surface area contributed by atoms with Crippen LogP contribution in [-0.2, 0) is 4.79 Å². The van der Waals surface area contributed by atoms with Gasteiger partial charge in [-0.2, -0.15) is 5.26 Å². The number of carbonyl (C=O) groups excluding carboxylic acids is 1. The van der Waals surface area contributed by atoms with Gasteiger partial charge in [-0.3, -0.25) is 4.79 Å². The number of carbonyl (C=O) groups is 1. The van der Waals surface area contributed by atoms with E-state index in [2.05, 4.69) is 19.9 Å². The summed E-state index contributed by atoms with van der Waals surface area (Å²) in [6.07, 6.45) is 8.26. The SMILES string of the molecule is CCCC(C#N)(CCC)C(=O)N(CC1CC1)CC1CC1. The van der Waals surface area contributed by atoms with Gasteiger partial charge in [-0.25, -0.2) is 0 Å². The molecule has 0 aromatic rings. The molecule has 2 saturated carbocycles. The zero-order chi connectivity index (χ0) is 14.6. The second kappa shape index (κ2) is 6.61. The van der Waals surface area contributed by atoms with E-state index in [1.807, 2.05) is 4.90 Å². The molecule has 0 radical (unpaired) electrons. The highest BCUT2D eigenvalue weighted by molar-refractivity contribution is 5.85. The van der Waals surface area contributed by atoms with Crippen molar-refractivity contribution in [2.45, 2.75) is 65.2 Å². The molecule has 0 aromatic carbocycles. The van der Waals surface area contributed by atoms with Crippen molar-refractivity contribution in [3.05, 3.63) is 0 Å². The van der Waals surface area contributed by atoms with Gasteiger partial charge >= 0.3 is 0 Å². The maximum absolute atomic E-state index is 13.0. The normalized spacial score (nSPS) is 18.6. The highest BCUT2D eigenvalue weighted by atomic mass is 16.2. The average molecular weight is 276 g/mol. The van der Waals surface area contributed by atoms with Crippen LogP contribution < -0.4 is 0 Å². The monoisotopic (exact) mass is 276 g/mol. The Bertz CT molecular complexity index is 357. The van der Waals surface area contributed by atoms with Crippen LogP contribution in [0.4, 0.5) is 0 Å². The Morgan fingerprint density at radius 3 is 1.85 bits per heavy atom. The van der Waals surface area contributed by atoms with E-state index in [9.17, 15) is 10.1 Å². The fraction of sp³-hybridized carbons (Fsp3) is 0.882. The van der Waals surface area contributed by atoms with Crippen LogP contribution in [-0.4, -0.2) is 23.9 Å². The van der Waals surface area contributed by atoms with E-state index < -0.39 is 5.41 Å². The van der Waals surface area contributed by atoms with Crippen molar-refractivity contribution < 1.29 is 4.79 Å². The standard InChI is InChI=1S/C17H28N2O/c1-3-9-17(13-18,10-4-2)16(20)19(11-14-5-6-14)12-15-7-8-15/h14-15H,3-12H2,1-2H3. The smallest absolute Gasteiger partial charge is 0.243 e. The van der Waals surface area contributed by atoms with Crippen molar-refractivity contribution in [1.29, 1.82) is 5.26 Å². The Morgan fingerprint density at radius 1 is 1.10 bits per heavy atom. The molecular weight excluding hydrogens is 248 g/mol. The van der Waals surface area contributed by atoms with Gasteiger partial charge < -0.3 is 4.90 Å². The maximum Gasteiger partial charge on any atom is 0.243 e. The first-order valence-corrected chi connectivity index (χ1v) is 8.35. The average Bonchev–Trinajstić information content (AvgIpc) is 3.32. The van der Waals surface area contributed by atoms with E-state index in [-0.39, 0.29) is 5.91 Å². The van der Waals surface area contributed by atoms with Crippen molar-refractivity contribution in [3.8, 4) is 6.07 Å². The highest BCUT2D eigenvalue weighted by Gasteiger charge is 2.42. The minimum absolute atomic E-state index is 0.127. The second-order valence-corrected chi connectivity index (χ2v) is 6.79. The third-order valence-electron chi connectivity index (χ3n) is 4.62. The highest BCUT2D eigenvalue weighted by Crippen LogP contribution is 2.38. The van der Waals surface area contributed by atoms with E-state index in [1.165, 1.54) is 25.7 Å². The van der Waals surface area contributed by atoms with Crippen molar-refractivity contribution >= 4 is 5.91 Å². The Morgan fingerprint density at radius 2 is 1.55 bits per heavy atom. The van der Waals surface area contributed by atoms with Gasteiger partial charge in [0.1, 0.15) is 5.41 Å². The molecule has 2 rings (SSSR count). The molecule has 1 amide bonds. The molecule has 0 heterocycles. The molecule has 2 fully saturated rings. The van der Waals surface area contributed by atoms with E-state index in [1.54, 1.807) is 0 Å². The first-order valence-electron chi connectivity index (χ1n) is 8.35. The summed E-state index contributed by atoms with van der Waals surface area (Å²) in [5.74, 6) is 1.54. The summed E-state index contributed by atoms with van der Waals surface area (Å²) < 4.78 is 0. The largest absolute Gasteiger partial charge is 0.341 e. The van der Waals surface area contributed by atoms with Gasteiger partial charge in [0.15, 0.2) is 0 Å². The van der Waals surface area contributed by atoms with E-state index in [0.29, 0.717) is 24.7 Å². The lowest BCUT2D eigenvalue weighted by atomic mass is 9.79. The van der Waals surface area contributed by atoms with Gasteiger partial charge in [-0.1, -0.05) is 26.7 Å². The molecule has 112 valence electrons. The Balaban J connectivity index is 2.09. The summed E-state index contributed by atoms with van der Waals surface area (Å²) in [5, 5.41) is 9.66. The van der Waals surface area contributed by atoms with Crippen LogP contribution in [0.5, 0.6) is 0 Å². The summed E-state index contributed by atoms with van der Waals surface area (Å²) in [6.45, 7) is 5.93. The van der Waals surface area contributed by atoms with Crippen LogP contribution in [0.3, 0.4) is 0 Å². The summed E-state index contributed by atoms with van der Waals surface area (Å²) in [7, 11) is 0. The third kappa shape index (κ3) is 3.75. The van der Waals surface area contributed by atoms with E-state index in [0.717, 1.165) is 25.9 Å². The summed E-state index contributed by atoms with van der Waals surface area (Å²) in [5.41, 5.74) is -0.757. The lowest BCUT2D eigenvalue weighted by molar-refractivity contribution is -0.140. The summed E-state index contributed by atoms with van der Waals surface area (Å²) >= 11 is 0. The van der Waals surface area contributed by atoms with Gasteiger partial charge in [0.05, 0.1) is 6.07 Å². The van der Waals surface area contributed by atoms with Crippen LogP contribution in [0.25, 0.3) is 0 Å². The molecule has 0 N–H and O–H groups in total. The van der Waals surface area contributed by atoms with E-state index in [4.69, 9.17) is 0 Å². The zero-order valence-electron chi connectivity index (χ0n) is 13.0. The number of hydrogen-bond donors (Lipinski definition) is 0. The summed E-state index contributed by atoms with van der Waals surface area (Å²) in [4.78, 5) is 15.1. The quantitative estimate of drug-likeness (QED) is 0.644. The number of hydrogen-bond acceptors (Lipinski definition) is 2. The molecule has 3 nitrogen and oxygen atoms in total. The molecular formula is C17H28N2O. The van der Waals surface area contributed by atoms with Crippen LogP contribution in [0.1, 0.15) is 65.2 Å². The predicted molar refractivity (Wildman–Crippen MR) is 79.9 cm³/mol. The maximum atomic E-state index is 13.0.